The molecule has 0 bridgehead atoms. The molecule has 3 rings (SSSR count). The number of nitrogens with one attached hydrogen (secondary N) is 3. The van der Waals surface area contributed by atoms with E-state index in [1.165, 1.54) is 6.21 Å². The van der Waals surface area contributed by atoms with E-state index in [0.717, 1.165) is 54.8 Å². The first-order valence-electron chi connectivity index (χ1n) is 11.2. The number of likely N-dealkylation sites (tertiary alicyclic amines) is 1. The lowest BCUT2D eigenvalue weighted by molar-refractivity contribution is 0.149. The number of pyridine rings is 2. The van der Waals surface area contributed by atoms with Gasteiger partial charge in [-0.15, -0.1) is 0 Å². The Balaban J connectivity index is 1.66. The molecular formula is C24H35N9. The second-order valence-corrected chi connectivity index (χ2v) is 8.58. The average molecular weight is 450 g/mol. The van der Waals surface area contributed by atoms with Crippen molar-refractivity contribution in [1.82, 2.24) is 20.2 Å². The summed E-state index contributed by atoms with van der Waals surface area (Å²) in [6.07, 6.45) is 9.32. The van der Waals surface area contributed by atoms with Crippen molar-refractivity contribution in [3.05, 3.63) is 59.8 Å². The Morgan fingerprint density at radius 2 is 2.09 bits per heavy atom. The highest BCUT2D eigenvalue weighted by Gasteiger charge is 2.21. The summed E-state index contributed by atoms with van der Waals surface area (Å²) in [6.45, 7) is 7.93. The predicted octanol–water partition coefficient (Wildman–Crippen LogP) is 1.95. The topological polar surface area (TPSA) is 155 Å². The summed E-state index contributed by atoms with van der Waals surface area (Å²) in [5, 5.41) is 14.2. The third-order valence-electron chi connectivity index (χ3n) is 5.52. The Hall–Kier alpha value is -3.43. The van der Waals surface area contributed by atoms with E-state index in [4.69, 9.17) is 22.6 Å². The number of fused-ring (bicyclic) bond motifs is 1. The van der Waals surface area contributed by atoms with Crippen molar-refractivity contribution >= 4 is 28.6 Å². The molecule has 176 valence electrons. The van der Waals surface area contributed by atoms with E-state index < -0.39 is 0 Å². The van der Waals surface area contributed by atoms with Gasteiger partial charge in [0.1, 0.15) is 11.6 Å². The van der Waals surface area contributed by atoms with Gasteiger partial charge in [0, 0.05) is 55.4 Å². The quantitative estimate of drug-likeness (QED) is 0.173. The first kappa shape index (κ1) is 24.2. The summed E-state index contributed by atoms with van der Waals surface area (Å²) in [7, 11) is 0. The molecule has 1 fully saturated rings. The normalized spacial score (nSPS) is 16.2. The van der Waals surface area contributed by atoms with Crippen LogP contribution in [0.15, 0.2) is 54.3 Å². The molecule has 1 aliphatic heterocycles. The van der Waals surface area contributed by atoms with Gasteiger partial charge in [-0.2, -0.15) is 0 Å². The third kappa shape index (κ3) is 6.77. The molecule has 0 aromatic carbocycles. The minimum Gasteiger partial charge on any atom is -0.404 e. The zero-order valence-electron chi connectivity index (χ0n) is 19.4. The molecule has 0 radical (unpaired) electrons. The van der Waals surface area contributed by atoms with Gasteiger partial charge in [-0.3, -0.25) is 4.98 Å². The molecule has 9 heteroatoms. The van der Waals surface area contributed by atoms with Gasteiger partial charge in [0.15, 0.2) is 0 Å². The number of hydrogen-bond donors (Lipinski definition) is 6. The summed E-state index contributed by atoms with van der Waals surface area (Å²) in [5.74, 6) is 1.33. The van der Waals surface area contributed by atoms with Gasteiger partial charge in [-0.25, -0.2) is 4.98 Å². The van der Waals surface area contributed by atoms with Crippen molar-refractivity contribution in [2.75, 3.05) is 31.5 Å². The molecule has 9 nitrogen and oxygen atoms in total. The maximum Gasteiger partial charge on any atom is 0.132 e. The zero-order chi connectivity index (χ0) is 23.8. The maximum absolute atomic E-state index is 7.81. The highest BCUT2D eigenvalue weighted by molar-refractivity contribution is 6.08. The van der Waals surface area contributed by atoms with E-state index in [-0.39, 0.29) is 5.92 Å². The number of nitrogens with two attached hydrogens (primary N) is 3. The summed E-state index contributed by atoms with van der Waals surface area (Å²) in [4.78, 5) is 11.5. The minimum atomic E-state index is 0.264. The average Bonchev–Trinajstić information content (AvgIpc) is 2.77. The Labute approximate surface area is 195 Å². The summed E-state index contributed by atoms with van der Waals surface area (Å²) >= 11 is 0. The molecule has 0 spiro atoms. The summed E-state index contributed by atoms with van der Waals surface area (Å²) in [6, 6.07) is 5.97. The van der Waals surface area contributed by atoms with Gasteiger partial charge in [0.2, 0.25) is 0 Å². The molecular weight excluding hydrogens is 414 g/mol. The number of rotatable bonds is 11. The van der Waals surface area contributed by atoms with Crippen LogP contribution in [0.3, 0.4) is 0 Å². The van der Waals surface area contributed by atoms with Crippen LogP contribution in [-0.2, 0) is 0 Å². The Morgan fingerprint density at radius 3 is 2.76 bits per heavy atom. The van der Waals surface area contributed by atoms with Gasteiger partial charge in [-0.1, -0.05) is 13.8 Å². The van der Waals surface area contributed by atoms with Gasteiger partial charge in [0.05, 0.1) is 11.0 Å². The summed E-state index contributed by atoms with van der Waals surface area (Å²) < 4.78 is 0. The van der Waals surface area contributed by atoms with E-state index in [0.29, 0.717) is 23.2 Å². The highest BCUT2D eigenvalue weighted by Crippen LogP contribution is 2.19. The first-order chi connectivity index (χ1) is 15.9. The molecule has 1 saturated heterocycles. The Morgan fingerprint density at radius 1 is 1.30 bits per heavy atom. The molecule has 33 heavy (non-hydrogen) atoms. The van der Waals surface area contributed by atoms with Crippen LogP contribution in [-0.4, -0.2) is 53.3 Å². The van der Waals surface area contributed by atoms with Crippen LogP contribution in [0.5, 0.6) is 0 Å². The second kappa shape index (κ2) is 11.4. The number of allylic oxidation sites excluding steroid dienone is 3. The lowest BCUT2D eigenvalue weighted by Gasteiger charge is -2.36. The molecule has 9 N–H and O–H groups in total. The second-order valence-electron chi connectivity index (χ2n) is 8.58. The van der Waals surface area contributed by atoms with Crippen molar-refractivity contribution in [3.63, 3.8) is 0 Å². The third-order valence-corrected chi connectivity index (χ3v) is 5.52. The van der Waals surface area contributed by atoms with E-state index >= 15 is 0 Å². The number of hydrogen-bond acceptors (Lipinski definition) is 9. The number of nitrogens with zero attached hydrogens (tertiary/aromatic N) is 3. The van der Waals surface area contributed by atoms with Gasteiger partial charge in [0.25, 0.3) is 0 Å². The van der Waals surface area contributed by atoms with E-state index in [2.05, 4.69) is 39.3 Å². The number of anilines is 1. The Bertz CT molecular complexity index is 1050. The molecule has 0 amide bonds. The van der Waals surface area contributed by atoms with E-state index in [1.807, 2.05) is 30.5 Å². The number of aromatic nitrogens is 2. The Kier molecular flexibility index (Phi) is 8.39. The van der Waals surface area contributed by atoms with E-state index in [9.17, 15) is 0 Å². The van der Waals surface area contributed by atoms with Crippen LogP contribution in [0.2, 0.25) is 0 Å². The molecule has 3 heterocycles. The molecule has 0 aliphatic carbocycles. The lowest BCUT2D eigenvalue weighted by atomic mass is 10.0. The van der Waals surface area contributed by atoms with Crippen molar-refractivity contribution in [2.45, 2.75) is 26.3 Å². The molecule has 1 aliphatic rings. The van der Waals surface area contributed by atoms with Crippen LogP contribution in [0, 0.1) is 11.3 Å². The SMILES string of the molecule is CC(C)C(=C/N)/C=C(\N)Nc1ccc2ncc(/C(C=N)=C/NCCCN3CC(N)C3)cc2n1. The van der Waals surface area contributed by atoms with Crippen LogP contribution < -0.4 is 27.8 Å². The monoisotopic (exact) mass is 449 g/mol. The molecule has 0 atom stereocenters. The maximum atomic E-state index is 7.81. The fourth-order valence-corrected chi connectivity index (χ4v) is 3.59. The largest absolute Gasteiger partial charge is 0.404 e. The van der Waals surface area contributed by atoms with Crippen molar-refractivity contribution in [1.29, 1.82) is 5.41 Å². The molecule has 0 saturated carbocycles. The predicted molar refractivity (Wildman–Crippen MR) is 136 cm³/mol. The zero-order valence-corrected chi connectivity index (χ0v) is 19.4. The van der Waals surface area contributed by atoms with Gasteiger partial charge in [-0.05, 0) is 54.9 Å². The van der Waals surface area contributed by atoms with Crippen LogP contribution in [0.4, 0.5) is 5.82 Å². The van der Waals surface area contributed by atoms with Crippen molar-refractivity contribution in [2.24, 2.45) is 23.1 Å². The molecule has 2 aromatic heterocycles. The van der Waals surface area contributed by atoms with Crippen molar-refractivity contribution < 1.29 is 0 Å². The van der Waals surface area contributed by atoms with Crippen LogP contribution >= 0.6 is 0 Å². The standard InChI is InChI=1S/C24H35N9/c1-16(2)17(10-25)9-23(28)32-24-5-4-21-22(31-24)8-18(13-30-21)19(11-26)12-29-6-3-7-33-14-20(27)15-33/h4-5,8-13,16,20,26,29H,3,6-7,14-15,25,27-28H2,1-2H3,(H,31,32)/b17-10+,19-12+,23-9+,26-11?. The fourth-order valence-electron chi connectivity index (χ4n) is 3.59. The highest BCUT2D eigenvalue weighted by atomic mass is 15.2. The lowest BCUT2D eigenvalue weighted by Crippen LogP contribution is -2.55. The van der Waals surface area contributed by atoms with E-state index in [1.54, 1.807) is 12.4 Å². The van der Waals surface area contributed by atoms with Gasteiger partial charge >= 0.3 is 0 Å². The fraction of sp³-hybridized carbons (Fsp3) is 0.375. The molecule has 2 aromatic rings. The van der Waals surface area contributed by atoms with Crippen molar-refractivity contribution in [3.8, 4) is 0 Å². The smallest absolute Gasteiger partial charge is 0.132 e. The first-order valence-corrected chi connectivity index (χ1v) is 11.2. The van der Waals surface area contributed by atoms with Crippen LogP contribution in [0.25, 0.3) is 16.6 Å². The minimum absolute atomic E-state index is 0.264. The van der Waals surface area contributed by atoms with Crippen LogP contribution in [0.1, 0.15) is 25.8 Å². The molecule has 0 unspecified atom stereocenters. The summed E-state index contributed by atoms with van der Waals surface area (Å²) in [5.41, 5.74) is 21.6. The van der Waals surface area contributed by atoms with Gasteiger partial charge < -0.3 is 38.1 Å².